The van der Waals surface area contributed by atoms with Crippen LogP contribution in [-0.4, -0.2) is 5.11 Å². The first-order valence-electron chi connectivity index (χ1n) is 5.66. The van der Waals surface area contributed by atoms with Crippen molar-refractivity contribution in [2.45, 2.75) is 38.7 Å². The van der Waals surface area contributed by atoms with Gasteiger partial charge in [0.1, 0.15) is 0 Å². The van der Waals surface area contributed by atoms with Gasteiger partial charge in [-0.1, -0.05) is 25.8 Å². The second kappa shape index (κ2) is 4.13. The van der Waals surface area contributed by atoms with Crippen LogP contribution < -0.4 is 0 Å². The molecule has 1 nitrogen and oxygen atoms in total. The van der Waals surface area contributed by atoms with Crippen molar-refractivity contribution in [3.8, 4) is 0 Å². The van der Waals surface area contributed by atoms with Crippen molar-refractivity contribution in [3.05, 3.63) is 35.4 Å². The van der Waals surface area contributed by atoms with E-state index >= 15 is 0 Å². The molecule has 0 spiro atoms. The first-order chi connectivity index (χ1) is 7.53. The minimum absolute atomic E-state index is 0.190. The summed E-state index contributed by atoms with van der Waals surface area (Å²) in [6, 6.07) is 3.64. The molecule has 0 radical (unpaired) electrons. The predicted octanol–water partition coefficient (Wildman–Crippen LogP) is 3.58. The first kappa shape index (κ1) is 11.5. The van der Waals surface area contributed by atoms with Gasteiger partial charge in [-0.2, -0.15) is 0 Å². The highest BCUT2D eigenvalue weighted by Gasteiger charge is 2.36. The minimum atomic E-state index is -0.891. The monoisotopic (exact) mass is 226 g/mol. The summed E-state index contributed by atoms with van der Waals surface area (Å²) in [5.41, 5.74) is 0.285. The van der Waals surface area contributed by atoms with E-state index in [4.69, 9.17) is 0 Å². The highest BCUT2D eigenvalue weighted by atomic mass is 19.2. The molecule has 88 valence electrons. The van der Waals surface area contributed by atoms with E-state index < -0.39 is 17.7 Å². The number of aliphatic hydroxyl groups is 1. The van der Waals surface area contributed by atoms with Crippen LogP contribution in [0.4, 0.5) is 8.78 Å². The van der Waals surface area contributed by atoms with E-state index in [1.165, 1.54) is 6.07 Å². The molecular weight excluding hydrogens is 210 g/mol. The zero-order valence-corrected chi connectivity index (χ0v) is 9.34. The van der Waals surface area contributed by atoms with Crippen molar-refractivity contribution in [1.29, 1.82) is 0 Å². The van der Waals surface area contributed by atoms with Gasteiger partial charge in [-0.25, -0.2) is 8.78 Å². The van der Waals surface area contributed by atoms with E-state index in [9.17, 15) is 13.9 Å². The number of benzene rings is 1. The molecule has 1 aromatic carbocycles. The van der Waals surface area contributed by atoms with E-state index in [-0.39, 0.29) is 5.41 Å². The quantitative estimate of drug-likeness (QED) is 0.817. The Morgan fingerprint density at radius 2 is 1.81 bits per heavy atom. The van der Waals surface area contributed by atoms with Crippen LogP contribution in [0.5, 0.6) is 0 Å². The lowest BCUT2D eigenvalue weighted by Gasteiger charge is -2.30. The first-order valence-corrected chi connectivity index (χ1v) is 5.66. The lowest BCUT2D eigenvalue weighted by atomic mass is 9.79. The SMILES string of the molecule is CC1(C(O)c2ccc(F)c(F)c2)CCCC1. The third kappa shape index (κ3) is 1.96. The third-order valence-corrected chi connectivity index (χ3v) is 3.67. The van der Waals surface area contributed by atoms with Gasteiger partial charge in [0.2, 0.25) is 0 Å². The maximum Gasteiger partial charge on any atom is 0.159 e. The smallest absolute Gasteiger partial charge is 0.159 e. The lowest BCUT2D eigenvalue weighted by Crippen LogP contribution is -2.22. The van der Waals surface area contributed by atoms with Crippen molar-refractivity contribution in [1.82, 2.24) is 0 Å². The summed E-state index contributed by atoms with van der Waals surface area (Å²) in [7, 11) is 0. The normalized spacial score (nSPS) is 21.0. The Labute approximate surface area is 94.1 Å². The molecule has 2 rings (SSSR count). The maximum absolute atomic E-state index is 13.1. The number of rotatable bonds is 2. The largest absolute Gasteiger partial charge is 0.388 e. The fourth-order valence-corrected chi connectivity index (χ4v) is 2.54. The van der Waals surface area contributed by atoms with Gasteiger partial charge < -0.3 is 5.11 Å². The molecule has 1 unspecified atom stereocenters. The predicted molar refractivity (Wildman–Crippen MR) is 57.9 cm³/mol. The summed E-state index contributed by atoms with van der Waals surface area (Å²) in [4.78, 5) is 0. The van der Waals surface area contributed by atoms with Gasteiger partial charge in [0.25, 0.3) is 0 Å². The molecular formula is C13H16F2O. The lowest BCUT2D eigenvalue weighted by molar-refractivity contribution is 0.0405. The van der Waals surface area contributed by atoms with E-state index in [0.29, 0.717) is 5.56 Å². The van der Waals surface area contributed by atoms with Gasteiger partial charge in [0.05, 0.1) is 6.10 Å². The molecule has 1 atom stereocenters. The van der Waals surface area contributed by atoms with Crippen LogP contribution in [0.1, 0.15) is 44.3 Å². The molecule has 1 aliphatic carbocycles. The fraction of sp³-hybridized carbons (Fsp3) is 0.538. The second-order valence-electron chi connectivity index (χ2n) is 4.94. The van der Waals surface area contributed by atoms with Crippen molar-refractivity contribution < 1.29 is 13.9 Å². The molecule has 1 N–H and O–H groups in total. The van der Waals surface area contributed by atoms with Crippen LogP contribution >= 0.6 is 0 Å². The Hall–Kier alpha value is -0.960. The van der Waals surface area contributed by atoms with E-state index in [1.54, 1.807) is 0 Å². The topological polar surface area (TPSA) is 20.2 Å². The molecule has 16 heavy (non-hydrogen) atoms. The minimum Gasteiger partial charge on any atom is -0.388 e. The molecule has 0 amide bonds. The standard InChI is InChI=1S/C13H16F2O/c1-13(6-2-3-7-13)12(16)9-4-5-10(14)11(15)8-9/h4-5,8,12,16H,2-3,6-7H2,1H3. The van der Waals surface area contributed by atoms with Gasteiger partial charge in [-0.05, 0) is 36.0 Å². The van der Waals surface area contributed by atoms with Gasteiger partial charge in [0.15, 0.2) is 11.6 Å². The van der Waals surface area contributed by atoms with Crippen LogP contribution in [0.2, 0.25) is 0 Å². The van der Waals surface area contributed by atoms with Gasteiger partial charge >= 0.3 is 0 Å². The maximum atomic E-state index is 13.1. The number of hydrogen-bond donors (Lipinski definition) is 1. The zero-order valence-electron chi connectivity index (χ0n) is 9.34. The molecule has 0 aliphatic heterocycles. The highest BCUT2D eigenvalue weighted by molar-refractivity contribution is 5.22. The van der Waals surface area contributed by atoms with Crippen LogP contribution in [0.25, 0.3) is 0 Å². The van der Waals surface area contributed by atoms with Crippen molar-refractivity contribution in [3.63, 3.8) is 0 Å². The van der Waals surface area contributed by atoms with Crippen LogP contribution in [0.3, 0.4) is 0 Å². The van der Waals surface area contributed by atoms with E-state index in [1.807, 2.05) is 6.92 Å². The average Bonchev–Trinajstić information content (AvgIpc) is 2.70. The average molecular weight is 226 g/mol. The molecule has 0 heterocycles. The molecule has 1 aliphatic rings. The molecule has 0 bridgehead atoms. The van der Waals surface area contributed by atoms with Crippen molar-refractivity contribution in [2.24, 2.45) is 5.41 Å². The van der Waals surface area contributed by atoms with E-state index in [2.05, 4.69) is 0 Å². The van der Waals surface area contributed by atoms with Crippen LogP contribution in [-0.2, 0) is 0 Å². The number of hydrogen-bond acceptors (Lipinski definition) is 1. The highest BCUT2D eigenvalue weighted by Crippen LogP contribution is 2.47. The molecule has 3 heteroatoms. The molecule has 1 fully saturated rings. The molecule has 0 saturated heterocycles. The van der Waals surface area contributed by atoms with Gasteiger partial charge in [-0.3, -0.25) is 0 Å². The van der Waals surface area contributed by atoms with E-state index in [0.717, 1.165) is 37.8 Å². The second-order valence-corrected chi connectivity index (χ2v) is 4.94. The summed E-state index contributed by atoms with van der Waals surface area (Å²) >= 11 is 0. The van der Waals surface area contributed by atoms with Crippen molar-refractivity contribution in [2.75, 3.05) is 0 Å². The Balaban J connectivity index is 2.26. The number of halogens is 2. The van der Waals surface area contributed by atoms with Crippen LogP contribution in [0.15, 0.2) is 18.2 Å². The third-order valence-electron chi connectivity index (χ3n) is 3.67. The molecule has 1 saturated carbocycles. The summed E-state index contributed by atoms with van der Waals surface area (Å²) in [5.74, 6) is -1.76. The van der Waals surface area contributed by atoms with Gasteiger partial charge in [-0.15, -0.1) is 0 Å². The van der Waals surface area contributed by atoms with Gasteiger partial charge in [0, 0.05) is 0 Å². The van der Waals surface area contributed by atoms with Crippen LogP contribution in [0, 0.1) is 17.0 Å². The fourth-order valence-electron chi connectivity index (χ4n) is 2.54. The summed E-state index contributed by atoms with van der Waals surface area (Å²) in [5, 5.41) is 10.2. The Bertz CT molecular complexity index is 384. The number of aliphatic hydroxyl groups excluding tert-OH is 1. The summed E-state index contributed by atoms with van der Waals surface area (Å²) < 4.78 is 25.8. The summed E-state index contributed by atoms with van der Waals surface area (Å²) in [6.07, 6.45) is 3.36. The Kier molecular flexibility index (Phi) is 2.98. The molecule has 1 aromatic rings. The Morgan fingerprint density at radius 1 is 1.19 bits per heavy atom. The zero-order chi connectivity index (χ0) is 11.8. The summed E-state index contributed by atoms with van der Waals surface area (Å²) in [6.45, 7) is 2.01. The van der Waals surface area contributed by atoms with Crippen molar-refractivity contribution >= 4 is 0 Å². The molecule has 0 aromatic heterocycles. The Morgan fingerprint density at radius 3 is 2.38 bits per heavy atom.